The van der Waals surface area contributed by atoms with Crippen LogP contribution in [0.5, 0.6) is 11.5 Å². The Bertz CT molecular complexity index is 414. The molecule has 6 heteroatoms. The fraction of sp³-hybridized carbons (Fsp3) is 0.455. The van der Waals surface area contributed by atoms with Crippen LogP contribution in [-0.4, -0.2) is 20.3 Å². The molecule has 1 aliphatic heterocycles. The quantitative estimate of drug-likeness (QED) is 0.871. The molecule has 1 aromatic carbocycles. The molecule has 1 N–H and O–H groups in total. The third-order valence-corrected chi connectivity index (χ3v) is 3.11. The van der Waals surface area contributed by atoms with Crippen LogP contribution in [0.15, 0.2) is 10.5 Å². The Kier molecular flexibility index (Phi) is 4.20. The maximum absolute atomic E-state index is 14.0. The van der Waals surface area contributed by atoms with Crippen LogP contribution in [0.2, 0.25) is 0 Å². The molecule has 2 rings (SSSR count). The Morgan fingerprint density at radius 2 is 2.24 bits per heavy atom. The second-order valence-electron chi connectivity index (χ2n) is 3.57. The standard InChI is InChI=1S/C11H13BrFNO3/c1-15-14-6-7-5-8-11(9(12)10(7)13)17-4-2-3-16-8/h5,14H,2-4,6H2,1H3. The third-order valence-electron chi connectivity index (χ3n) is 2.40. The average molecular weight is 306 g/mol. The van der Waals surface area contributed by atoms with Gasteiger partial charge in [-0.2, -0.15) is 5.48 Å². The van der Waals surface area contributed by atoms with Crippen LogP contribution >= 0.6 is 15.9 Å². The summed E-state index contributed by atoms with van der Waals surface area (Å²) in [5.74, 6) is 0.628. The van der Waals surface area contributed by atoms with E-state index >= 15 is 0 Å². The highest BCUT2D eigenvalue weighted by atomic mass is 79.9. The molecule has 94 valence electrons. The van der Waals surface area contributed by atoms with E-state index in [0.717, 1.165) is 6.42 Å². The van der Waals surface area contributed by atoms with E-state index in [0.29, 0.717) is 34.7 Å². The van der Waals surface area contributed by atoms with Crippen LogP contribution < -0.4 is 15.0 Å². The predicted molar refractivity (Wildman–Crippen MR) is 63.6 cm³/mol. The zero-order valence-corrected chi connectivity index (χ0v) is 11.0. The Labute approximate surface area is 107 Å². The monoisotopic (exact) mass is 305 g/mol. The molecule has 0 radical (unpaired) electrons. The SMILES string of the molecule is CONCc1cc2c(c(Br)c1F)OCCCO2. The summed E-state index contributed by atoms with van der Waals surface area (Å²) in [6.45, 7) is 1.36. The molecule has 1 heterocycles. The van der Waals surface area contributed by atoms with Crippen LogP contribution in [-0.2, 0) is 11.4 Å². The van der Waals surface area contributed by atoms with Crippen LogP contribution in [0.25, 0.3) is 0 Å². The number of halogens is 2. The van der Waals surface area contributed by atoms with E-state index in [1.165, 1.54) is 7.11 Å². The van der Waals surface area contributed by atoms with Crippen molar-refractivity contribution in [3.63, 3.8) is 0 Å². The zero-order chi connectivity index (χ0) is 12.3. The first-order chi connectivity index (χ1) is 8.24. The van der Waals surface area contributed by atoms with Crippen molar-refractivity contribution in [3.05, 3.63) is 21.9 Å². The van der Waals surface area contributed by atoms with E-state index in [1.54, 1.807) is 6.07 Å². The first-order valence-electron chi connectivity index (χ1n) is 5.26. The molecule has 0 unspecified atom stereocenters. The highest BCUT2D eigenvalue weighted by Crippen LogP contribution is 2.40. The van der Waals surface area contributed by atoms with Crippen molar-refractivity contribution in [2.24, 2.45) is 0 Å². The number of fused-ring (bicyclic) bond motifs is 1. The number of rotatable bonds is 3. The van der Waals surface area contributed by atoms with E-state index in [-0.39, 0.29) is 12.4 Å². The summed E-state index contributed by atoms with van der Waals surface area (Å²) in [7, 11) is 1.48. The molecule has 0 amide bonds. The molecule has 1 aliphatic rings. The molecule has 17 heavy (non-hydrogen) atoms. The summed E-state index contributed by atoms with van der Waals surface area (Å²) in [5, 5.41) is 0. The number of hydrogen-bond donors (Lipinski definition) is 1. The first kappa shape index (κ1) is 12.6. The van der Waals surface area contributed by atoms with Gasteiger partial charge in [0.15, 0.2) is 11.5 Å². The Balaban J connectivity index is 2.36. The summed E-state index contributed by atoms with van der Waals surface area (Å²) >= 11 is 3.19. The van der Waals surface area contributed by atoms with Gasteiger partial charge in [0.25, 0.3) is 0 Å². The lowest BCUT2D eigenvalue weighted by molar-refractivity contribution is 0.0858. The summed E-state index contributed by atoms with van der Waals surface area (Å²) in [6.07, 6.45) is 0.786. The average Bonchev–Trinajstić information content (AvgIpc) is 2.57. The maximum Gasteiger partial charge on any atom is 0.178 e. The number of ether oxygens (including phenoxy) is 2. The Hall–Kier alpha value is -0.850. The van der Waals surface area contributed by atoms with Gasteiger partial charge in [0.1, 0.15) is 5.82 Å². The number of hydroxylamine groups is 1. The van der Waals surface area contributed by atoms with Gasteiger partial charge in [-0.3, -0.25) is 0 Å². The molecular weight excluding hydrogens is 293 g/mol. The predicted octanol–water partition coefficient (Wildman–Crippen LogP) is 2.40. The normalized spacial score (nSPS) is 14.5. The molecule has 0 saturated carbocycles. The second-order valence-corrected chi connectivity index (χ2v) is 4.36. The topological polar surface area (TPSA) is 39.7 Å². The number of benzene rings is 1. The van der Waals surface area contributed by atoms with Gasteiger partial charge in [-0.15, -0.1) is 0 Å². The van der Waals surface area contributed by atoms with E-state index in [4.69, 9.17) is 14.3 Å². The van der Waals surface area contributed by atoms with Gasteiger partial charge in [-0.1, -0.05) is 0 Å². The first-order valence-corrected chi connectivity index (χ1v) is 6.05. The highest BCUT2D eigenvalue weighted by Gasteiger charge is 2.20. The van der Waals surface area contributed by atoms with Crippen molar-refractivity contribution in [3.8, 4) is 11.5 Å². The minimum atomic E-state index is -0.362. The fourth-order valence-corrected chi connectivity index (χ4v) is 2.14. The van der Waals surface area contributed by atoms with Gasteiger partial charge in [0.05, 0.1) is 24.8 Å². The third kappa shape index (κ3) is 2.70. The second kappa shape index (κ2) is 5.66. The summed E-state index contributed by atoms with van der Waals surface area (Å²) < 4.78 is 25.2. The minimum Gasteiger partial charge on any atom is -0.490 e. The minimum absolute atomic E-state index is 0.261. The van der Waals surface area contributed by atoms with E-state index in [9.17, 15) is 4.39 Å². The molecular formula is C11H13BrFNO3. The Morgan fingerprint density at radius 1 is 1.47 bits per heavy atom. The van der Waals surface area contributed by atoms with Crippen molar-refractivity contribution in [2.45, 2.75) is 13.0 Å². The van der Waals surface area contributed by atoms with Crippen LogP contribution in [0.1, 0.15) is 12.0 Å². The molecule has 0 aromatic heterocycles. The zero-order valence-electron chi connectivity index (χ0n) is 9.39. The molecule has 1 aromatic rings. The van der Waals surface area contributed by atoms with Gasteiger partial charge >= 0.3 is 0 Å². The molecule has 4 nitrogen and oxygen atoms in total. The van der Waals surface area contributed by atoms with Gasteiger partial charge in [-0.05, 0) is 22.0 Å². The summed E-state index contributed by atoms with van der Waals surface area (Å²) in [6, 6.07) is 1.63. The van der Waals surface area contributed by atoms with Crippen molar-refractivity contribution in [1.82, 2.24) is 5.48 Å². The molecule has 0 atom stereocenters. The maximum atomic E-state index is 14.0. The fourth-order valence-electron chi connectivity index (χ4n) is 1.57. The largest absolute Gasteiger partial charge is 0.490 e. The molecule has 0 spiro atoms. The van der Waals surface area contributed by atoms with Crippen LogP contribution in [0.4, 0.5) is 4.39 Å². The lowest BCUT2D eigenvalue weighted by Gasteiger charge is -2.13. The van der Waals surface area contributed by atoms with Crippen molar-refractivity contribution in [2.75, 3.05) is 20.3 Å². The van der Waals surface area contributed by atoms with Crippen molar-refractivity contribution >= 4 is 15.9 Å². The molecule has 0 bridgehead atoms. The smallest absolute Gasteiger partial charge is 0.178 e. The van der Waals surface area contributed by atoms with Crippen molar-refractivity contribution in [1.29, 1.82) is 0 Å². The van der Waals surface area contributed by atoms with Crippen LogP contribution in [0, 0.1) is 5.82 Å². The van der Waals surface area contributed by atoms with Gasteiger partial charge in [0.2, 0.25) is 0 Å². The van der Waals surface area contributed by atoms with Crippen molar-refractivity contribution < 1.29 is 18.7 Å². The highest BCUT2D eigenvalue weighted by molar-refractivity contribution is 9.10. The number of hydrogen-bond acceptors (Lipinski definition) is 4. The van der Waals surface area contributed by atoms with Gasteiger partial charge in [-0.25, -0.2) is 4.39 Å². The molecule has 0 fully saturated rings. The molecule has 0 aliphatic carbocycles. The molecule has 0 saturated heterocycles. The van der Waals surface area contributed by atoms with E-state index in [2.05, 4.69) is 21.4 Å². The summed E-state index contributed by atoms with van der Waals surface area (Å²) in [4.78, 5) is 4.71. The van der Waals surface area contributed by atoms with E-state index < -0.39 is 0 Å². The van der Waals surface area contributed by atoms with Gasteiger partial charge < -0.3 is 14.3 Å². The van der Waals surface area contributed by atoms with Gasteiger partial charge in [0, 0.05) is 18.5 Å². The Morgan fingerprint density at radius 3 is 3.00 bits per heavy atom. The van der Waals surface area contributed by atoms with E-state index in [1.807, 2.05) is 0 Å². The summed E-state index contributed by atoms with van der Waals surface area (Å²) in [5.41, 5.74) is 3.06. The lowest BCUT2D eigenvalue weighted by atomic mass is 10.2. The lowest BCUT2D eigenvalue weighted by Crippen LogP contribution is -2.12. The van der Waals surface area contributed by atoms with Crippen LogP contribution in [0.3, 0.4) is 0 Å². The number of nitrogens with one attached hydrogen (secondary N) is 1.